The predicted molar refractivity (Wildman–Crippen MR) is 74.7 cm³/mol. The largest absolute Gasteiger partial charge is 0.542 e. The average Bonchev–Trinajstić information content (AvgIpc) is 2.11. The molecule has 1 rings (SSSR count). The van der Waals surface area contributed by atoms with Crippen molar-refractivity contribution in [1.82, 2.24) is 0 Å². The Morgan fingerprint density at radius 2 is 1.50 bits per heavy atom. The first kappa shape index (κ1) is 14.2. The predicted octanol–water partition coefficient (Wildman–Crippen LogP) is 5.64. The molecule has 0 bridgehead atoms. The van der Waals surface area contributed by atoms with E-state index in [0.717, 1.165) is 0 Å². The van der Waals surface area contributed by atoms with Gasteiger partial charge in [-0.25, -0.2) is 0 Å². The summed E-state index contributed by atoms with van der Waals surface area (Å²) in [5, 5.41) is 1.46. The van der Waals surface area contributed by atoms with Crippen LogP contribution >= 0.6 is 34.8 Å². The van der Waals surface area contributed by atoms with Crippen molar-refractivity contribution in [1.29, 1.82) is 0 Å². The van der Waals surface area contributed by atoms with Gasteiger partial charge in [-0.15, -0.1) is 0 Å². The maximum atomic E-state index is 6.07. The van der Waals surface area contributed by atoms with Crippen LogP contribution in [-0.4, -0.2) is 8.32 Å². The molecule has 0 aliphatic heterocycles. The number of hydrogen-bond donors (Lipinski definition) is 0. The van der Waals surface area contributed by atoms with Gasteiger partial charge in [0.1, 0.15) is 5.75 Å². The van der Waals surface area contributed by atoms with E-state index in [4.69, 9.17) is 39.2 Å². The lowest BCUT2D eigenvalue weighted by Gasteiger charge is -2.29. The zero-order chi connectivity index (χ0) is 12.5. The summed E-state index contributed by atoms with van der Waals surface area (Å²) in [5.41, 5.74) is 0.482. The molecule has 0 spiro atoms. The van der Waals surface area contributed by atoms with Gasteiger partial charge in [0, 0.05) is 5.02 Å². The van der Waals surface area contributed by atoms with E-state index in [2.05, 4.69) is 26.9 Å². The van der Waals surface area contributed by atoms with Crippen LogP contribution in [0, 0.1) is 0 Å². The van der Waals surface area contributed by atoms with Crippen LogP contribution in [-0.2, 0) is 0 Å². The molecule has 0 aliphatic carbocycles. The van der Waals surface area contributed by atoms with Crippen LogP contribution in [0.3, 0.4) is 0 Å². The van der Waals surface area contributed by atoms with Gasteiger partial charge in [0.2, 0.25) is 8.32 Å². The standard InChI is InChI=1S/C11H15Cl3OSi/c1-7(2)16(3,4)15-11-9(13)5-8(12)6-10(11)14/h5-7H,1-4H3. The lowest BCUT2D eigenvalue weighted by Crippen LogP contribution is -2.37. The summed E-state index contributed by atoms with van der Waals surface area (Å²) in [5.74, 6) is 0.554. The van der Waals surface area contributed by atoms with Crippen LogP contribution in [0.15, 0.2) is 12.1 Å². The summed E-state index contributed by atoms with van der Waals surface area (Å²) in [6.45, 7) is 8.56. The molecule has 5 heteroatoms. The molecule has 0 aliphatic rings. The molecule has 1 aromatic carbocycles. The third-order valence-corrected chi connectivity index (χ3v) is 7.01. The normalized spacial score (nSPS) is 12.0. The van der Waals surface area contributed by atoms with Gasteiger partial charge in [0.15, 0.2) is 0 Å². The van der Waals surface area contributed by atoms with Gasteiger partial charge in [-0.3, -0.25) is 0 Å². The molecular weight excluding hydrogens is 283 g/mol. The summed E-state index contributed by atoms with van der Waals surface area (Å²) in [6.07, 6.45) is 0. The Labute approximate surface area is 113 Å². The Kier molecular flexibility index (Phi) is 4.58. The summed E-state index contributed by atoms with van der Waals surface area (Å²) in [7, 11) is -1.81. The quantitative estimate of drug-likeness (QED) is 0.656. The molecule has 0 fully saturated rings. The van der Waals surface area contributed by atoms with Gasteiger partial charge in [0.05, 0.1) is 10.0 Å². The second kappa shape index (κ2) is 5.17. The highest BCUT2D eigenvalue weighted by molar-refractivity contribution is 6.73. The van der Waals surface area contributed by atoms with Crippen LogP contribution in [0.2, 0.25) is 33.7 Å². The molecule has 0 radical (unpaired) electrons. The first-order valence-corrected chi connectivity index (χ1v) is 9.19. The molecule has 16 heavy (non-hydrogen) atoms. The van der Waals surface area contributed by atoms with E-state index in [1.165, 1.54) is 0 Å². The molecule has 90 valence electrons. The maximum Gasteiger partial charge on any atom is 0.247 e. The molecule has 0 amide bonds. The molecule has 0 saturated carbocycles. The fourth-order valence-electron chi connectivity index (χ4n) is 1.01. The summed E-state index contributed by atoms with van der Waals surface area (Å²) in [6, 6.07) is 3.30. The van der Waals surface area contributed by atoms with Crippen molar-refractivity contribution in [2.45, 2.75) is 32.5 Å². The second-order valence-corrected chi connectivity index (χ2v) is 10.4. The van der Waals surface area contributed by atoms with E-state index < -0.39 is 8.32 Å². The third kappa shape index (κ3) is 3.30. The molecule has 0 atom stereocenters. The van der Waals surface area contributed by atoms with Gasteiger partial charge in [-0.1, -0.05) is 48.7 Å². The second-order valence-electron chi connectivity index (χ2n) is 4.56. The Hall–Kier alpha value is 0.107. The highest BCUT2D eigenvalue weighted by atomic mass is 35.5. The molecule has 0 heterocycles. The highest BCUT2D eigenvalue weighted by Crippen LogP contribution is 2.38. The van der Waals surface area contributed by atoms with E-state index in [1.807, 2.05) is 0 Å². The summed E-state index contributed by atoms with van der Waals surface area (Å²) in [4.78, 5) is 0. The molecule has 0 saturated heterocycles. The number of benzene rings is 1. The first-order valence-electron chi connectivity index (χ1n) is 5.07. The van der Waals surface area contributed by atoms with Crippen LogP contribution in [0.4, 0.5) is 0 Å². The van der Waals surface area contributed by atoms with E-state index in [-0.39, 0.29) is 0 Å². The van der Waals surface area contributed by atoms with Gasteiger partial charge in [-0.2, -0.15) is 0 Å². The van der Waals surface area contributed by atoms with Gasteiger partial charge >= 0.3 is 0 Å². The minimum atomic E-state index is -1.81. The van der Waals surface area contributed by atoms with Crippen molar-refractivity contribution in [3.63, 3.8) is 0 Å². The van der Waals surface area contributed by atoms with Gasteiger partial charge < -0.3 is 4.43 Å². The van der Waals surface area contributed by atoms with Crippen molar-refractivity contribution in [3.8, 4) is 5.75 Å². The molecule has 1 nitrogen and oxygen atoms in total. The molecule has 0 aromatic heterocycles. The van der Waals surface area contributed by atoms with E-state index in [0.29, 0.717) is 26.4 Å². The van der Waals surface area contributed by atoms with Crippen molar-refractivity contribution < 1.29 is 4.43 Å². The SMILES string of the molecule is CC(C)[Si](C)(C)Oc1c(Cl)cc(Cl)cc1Cl. The molecule has 0 unspecified atom stereocenters. The summed E-state index contributed by atoms with van der Waals surface area (Å²) < 4.78 is 6.00. The van der Waals surface area contributed by atoms with Crippen LogP contribution in [0.25, 0.3) is 0 Å². The van der Waals surface area contributed by atoms with Crippen LogP contribution in [0.1, 0.15) is 13.8 Å². The van der Waals surface area contributed by atoms with Crippen LogP contribution in [0.5, 0.6) is 5.75 Å². The van der Waals surface area contributed by atoms with Crippen molar-refractivity contribution in [3.05, 3.63) is 27.2 Å². The fraction of sp³-hybridized carbons (Fsp3) is 0.455. The average molecular weight is 298 g/mol. The van der Waals surface area contributed by atoms with E-state index in [9.17, 15) is 0 Å². The highest BCUT2D eigenvalue weighted by Gasteiger charge is 2.30. The first-order chi connectivity index (χ1) is 7.24. The minimum absolute atomic E-state index is 0.471. The van der Waals surface area contributed by atoms with Crippen molar-refractivity contribution in [2.75, 3.05) is 0 Å². The Morgan fingerprint density at radius 3 is 1.88 bits per heavy atom. The Balaban J connectivity index is 3.07. The number of hydrogen-bond acceptors (Lipinski definition) is 1. The number of halogens is 3. The molecule has 0 N–H and O–H groups in total. The Bertz CT molecular complexity index is 368. The van der Waals surface area contributed by atoms with Crippen molar-refractivity contribution in [2.24, 2.45) is 0 Å². The lowest BCUT2D eigenvalue weighted by atomic mass is 10.3. The molecule has 1 aromatic rings. The van der Waals surface area contributed by atoms with Gasteiger partial charge in [-0.05, 0) is 30.8 Å². The third-order valence-electron chi connectivity index (χ3n) is 2.72. The monoisotopic (exact) mass is 296 g/mol. The maximum absolute atomic E-state index is 6.07. The minimum Gasteiger partial charge on any atom is -0.542 e. The van der Waals surface area contributed by atoms with Crippen LogP contribution < -0.4 is 4.43 Å². The smallest absolute Gasteiger partial charge is 0.247 e. The Morgan fingerprint density at radius 1 is 1.06 bits per heavy atom. The van der Waals surface area contributed by atoms with Gasteiger partial charge in [0.25, 0.3) is 0 Å². The van der Waals surface area contributed by atoms with Crippen molar-refractivity contribution >= 4 is 43.1 Å². The topological polar surface area (TPSA) is 9.23 Å². The summed E-state index contributed by atoms with van der Waals surface area (Å²) >= 11 is 18.0. The zero-order valence-corrected chi connectivity index (χ0v) is 13.0. The number of rotatable bonds is 3. The lowest BCUT2D eigenvalue weighted by molar-refractivity contribution is 0.533. The molecular formula is C11H15Cl3OSi. The zero-order valence-electron chi connectivity index (χ0n) is 9.77. The van der Waals surface area contributed by atoms with E-state index >= 15 is 0 Å². The van der Waals surface area contributed by atoms with E-state index in [1.54, 1.807) is 12.1 Å². The fourth-order valence-corrected chi connectivity index (χ4v) is 3.01.